The summed E-state index contributed by atoms with van der Waals surface area (Å²) in [5.74, 6) is -0.242. The van der Waals surface area contributed by atoms with Gasteiger partial charge in [0.15, 0.2) is 5.13 Å². The predicted molar refractivity (Wildman–Crippen MR) is 165 cm³/mol. The van der Waals surface area contributed by atoms with E-state index in [2.05, 4.69) is 39.0 Å². The lowest BCUT2D eigenvalue weighted by Crippen LogP contribution is -2.57. The first-order valence-corrected chi connectivity index (χ1v) is 15.5. The Morgan fingerprint density at radius 1 is 1.12 bits per heavy atom. The normalized spacial score (nSPS) is 17.2. The zero-order valence-electron chi connectivity index (χ0n) is 24.0. The van der Waals surface area contributed by atoms with Crippen molar-refractivity contribution in [3.05, 3.63) is 64.4 Å². The first-order valence-electron chi connectivity index (χ1n) is 14.7. The Kier molecular flexibility index (Phi) is 7.21. The number of β-amino-alcohol motifs (C(OH)–C–C–N with tert-alkyl or cyclic N) is 1. The third-order valence-electron chi connectivity index (χ3n) is 8.73. The Morgan fingerprint density at radius 3 is 2.60 bits per heavy atom. The molecule has 1 amide bonds. The van der Waals surface area contributed by atoms with Crippen molar-refractivity contribution in [2.45, 2.75) is 25.4 Å². The minimum atomic E-state index is -0.380. The van der Waals surface area contributed by atoms with Crippen LogP contribution in [0, 0.1) is 17.1 Å². The van der Waals surface area contributed by atoms with Crippen LogP contribution < -0.4 is 9.80 Å². The first-order chi connectivity index (χ1) is 20.9. The minimum Gasteiger partial charge on any atom is -0.389 e. The molecule has 2 aromatic carbocycles. The number of nitrogens with zero attached hydrogens (tertiary/aromatic N) is 7. The van der Waals surface area contributed by atoms with Gasteiger partial charge < -0.3 is 19.8 Å². The number of carbonyl (C=O) groups excluding carboxylic acids is 1. The van der Waals surface area contributed by atoms with Gasteiger partial charge in [0.2, 0.25) is 5.91 Å². The molecule has 3 aliphatic rings. The number of halogens is 1. The van der Waals surface area contributed by atoms with E-state index in [1.807, 2.05) is 7.05 Å². The average molecular weight is 598 g/mol. The topological polar surface area (TPSA) is 99.8 Å². The zero-order valence-corrected chi connectivity index (χ0v) is 24.8. The number of fused-ring (bicyclic) bond motifs is 2. The van der Waals surface area contributed by atoms with Crippen molar-refractivity contribution < 1.29 is 14.3 Å². The van der Waals surface area contributed by atoms with Crippen LogP contribution in [0.5, 0.6) is 0 Å². The maximum absolute atomic E-state index is 13.6. The molecule has 0 bridgehead atoms. The van der Waals surface area contributed by atoms with Gasteiger partial charge >= 0.3 is 0 Å². The molecule has 0 unspecified atom stereocenters. The van der Waals surface area contributed by atoms with Crippen LogP contribution in [0.1, 0.15) is 22.6 Å². The number of piperazine rings is 1. The summed E-state index contributed by atoms with van der Waals surface area (Å²) in [6.45, 7) is 4.47. The van der Waals surface area contributed by atoms with Crippen molar-refractivity contribution in [1.82, 2.24) is 19.8 Å². The molecule has 4 heterocycles. The number of benzene rings is 2. The van der Waals surface area contributed by atoms with Gasteiger partial charge in [0.1, 0.15) is 22.5 Å². The SMILES string of the molecule is CN(c1nc(-c2ccc(F)cc2)c(C#N)s1)c1c2c(nc3ccc(N4CCN(CC(=O)N5CC(O)C5)CC4)cc13)CCC2. The van der Waals surface area contributed by atoms with Crippen molar-refractivity contribution >= 4 is 44.7 Å². The molecular weight excluding hydrogens is 565 g/mol. The summed E-state index contributed by atoms with van der Waals surface area (Å²) in [6.07, 6.45) is 2.54. The number of aryl methyl sites for hydroxylation is 1. The number of anilines is 3. The highest BCUT2D eigenvalue weighted by Crippen LogP contribution is 2.43. The summed E-state index contributed by atoms with van der Waals surface area (Å²) < 4.78 is 13.6. The van der Waals surface area contributed by atoms with Crippen LogP contribution in [-0.2, 0) is 17.6 Å². The minimum absolute atomic E-state index is 0.0846. The summed E-state index contributed by atoms with van der Waals surface area (Å²) in [7, 11) is 2.00. The van der Waals surface area contributed by atoms with Crippen molar-refractivity contribution in [3.8, 4) is 17.3 Å². The molecule has 220 valence electrons. The van der Waals surface area contributed by atoms with Crippen LogP contribution in [0.25, 0.3) is 22.2 Å². The number of thiazole rings is 1. The van der Waals surface area contributed by atoms with E-state index in [0.717, 1.165) is 73.4 Å². The maximum atomic E-state index is 13.6. The molecule has 1 aliphatic carbocycles. The molecule has 4 aromatic rings. The van der Waals surface area contributed by atoms with Gasteiger partial charge in [0.25, 0.3) is 0 Å². The molecule has 9 nitrogen and oxygen atoms in total. The number of aromatic nitrogens is 2. The predicted octanol–water partition coefficient (Wildman–Crippen LogP) is 3.95. The second kappa shape index (κ2) is 11.2. The van der Waals surface area contributed by atoms with Crippen LogP contribution in [0.15, 0.2) is 42.5 Å². The lowest BCUT2D eigenvalue weighted by Gasteiger charge is -2.39. The van der Waals surface area contributed by atoms with Crippen LogP contribution >= 0.6 is 11.3 Å². The second-order valence-corrected chi connectivity index (χ2v) is 12.5. The highest BCUT2D eigenvalue weighted by Gasteiger charge is 2.31. The Morgan fingerprint density at radius 2 is 1.88 bits per heavy atom. The molecule has 0 radical (unpaired) electrons. The lowest BCUT2D eigenvalue weighted by atomic mass is 10.0. The number of nitriles is 1. The van der Waals surface area contributed by atoms with Crippen LogP contribution in [0.3, 0.4) is 0 Å². The first kappa shape index (κ1) is 27.7. The Balaban J connectivity index is 1.18. The Bertz CT molecular complexity index is 1740. The zero-order chi connectivity index (χ0) is 29.7. The van der Waals surface area contributed by atoms with Gasteiger partial charge in [-0.1, -0.05) is 11.3 Å². The van der Waals surface area contributed by atoms with Crippen molar-refractivity contribution in [3.63, 3.8) is 0 Å². The molecule has 0 saturated carbocycles. The third kappa shape index (κ3) is 5.20. The van der Waals surface area contributed by atoms with E-state index in [0.29, 0.717) is 40.9 Å². The summed E-state index contributed by atoms with van der Waals surface area (Å²) in [6, 6.07) is 14.8. The fourth-order valence-corrected chi connectivity index (χ4v) is 7.20. The molecule has 43 heavy (non-hydrogen) atoms. The summed E-state index contributed by atoms with van der Waals surface area (Å²) >= 11 is 1.34. The van der Waals surface area contributed by atoms with Crippen molar-refractivity contribution in [1.29, 1.82) is 5.26 Å². The van der Waals surface area contributed by atoms with E-state index in [1.54, 1.807) is 17.0 Å². The van der Waals surface area contributed by atoms with E-state index in [9.17, 15) is 19.6 Å². The fraction of sp³-hybridized carbons (Fsp3) is 0.375. The number of aliphatic hydroxyl groups is 1. The van der Waals surface area contributed by atoms with Gasteiger partial charge in [-0.15, -0.1) is 0 Å². The molecule has 0 spiro atoms. The molecule has 2 saturated heterocycles. The van der Waals surface area contributed by atoms with Crippen molar-refractivity contribution in [2.75, 3.05) is 62.7 Å². The third-order valence-corrected chi connectivity index (χ3v) is 9.77. The van der Waals surface area contributed by atoms with Crippen LogP contribution in [-0.4, -0.2) is 89.7 Å². The Hall–Kier alpha value is -4.11. The highest BCUT2D eigenvalue weighted by atomic mass is 32.1. The van der Waals surface area contributed by atoms with E-state index >= 15 is 0 Å². The maximum Gasteiger partial charge on any atom is 0.236 e. The number of pyridine rings is 1. The Labute approximate surface area is 253 Å². The molecule has 2 aromatic heterocycles. The monoisotopic (exact) mass is 597 g/mol. The summed E-state index contributed by atoms with van der Waals surface area (Å²) in [5, 5.41) is 21.2. The van der Waals surface area contributed by atoms with E-state index in [4.69, 9.17) is 9.97 Å². The largest absolute Gasteiger partial charge is 0.389 e. The fourth-order valence-electron chi connectivity index (χ4n) is 6.35. The standard InChI is InChI=1S/C32H32FN7O2S/c1-37(32-36-30(28(16-34)43-32)20-5-7-21(33)8-6-20)31-24-3-2-4-26(24)35-27-10-9-22(15-25(27)31)39-13-11-38(12-14-39)19-29(42)40-17-23(41)18-40/h5-10,15,23,41H,2-4,11-14,17-19H2,1H3. The molecule has 7 rings (SSSR count). The molecule has 1 N–H and O–H groups in total. The molecular formula is C32H32FN7O2S. The van der Waals surface area contributed by atoms with Gasteiger partial charge in [-0.2, -0.15) is 5.26 Å². The van der Waals surface area contributed by atoms with E-state index < -0.39 is 0 Å². The van der Waals surface area contributed by atoms with Gasteiger partial charge in [0.05, 0.1) is 23.9 Å². The van der Waals surface area contributed by atoms with Gasteiger partial charge in [-0.3, -0.25) is 14.7 Å². The van der Waals surface area contributed by atoms with Crippen molar-refractivity contribution in [2.24, 2.45) is 0 Å². The second-order valence-electron chi connectivity index (χ2n) is 11.5. The number of hydrogen-bond donors (Lipinski definition) is 1. The van der Waals surface area contributed by atoms with E-state index in [1.165, 1.54) is 29.0 Å². The highest BCUT2D eigenvalue weighted by molar-refractivity contribution is 7.16. The van der Waals surface area contributed by atoms with Gasteiger partial charge in [-0.05, 0) is 67.3 Å². The number of likely N-dealkylation sites (tertiary alicyclic amines) is 1. The quantitative estimate of drug-likeness (QED) is 0.357. The summed E-state index contributed by atoms with van der Waals surface area (Å²) in [5.41, 5.74) is 6.74. The average Bonchev–Trinajstić information content (AvgIpc) is 3.66. The lowest BCUT2D eigenvalue weighted by molar-refractivity contribution is -0.142. The molecule has 0 atom stereocenters. The summed E-state index contributed by atoms with van der Waals surface area (Å²) in [4.78, 5) is 31.2. The number of rotatable bonds is 6. The van der Waals surface area contributed by atoms with E-state index in [-0.39, 0.29) is 17.8 Å². The number of amides is 1. The van der Waals surface area contributed by atoms with Crippen LogP contribution in [0.2, 0.25) is 0 Å². The van der Waals surface area contributed by atoms with Gasteiger partial charge in [-0.25, -0.2) is 9.37 Å². The van der Waals surface area contributed by atoms with Gasteiger partial charge in [0, 0.05) is 68.6 Å². The number of aliphatic hydroxyl groups excluding tert-OH is 1. The molecule has 2 fully saturated rings. The molecule has 11 heteroatoms. The number of carbonyl (C=O) groups is 1. The van der Waals surface area contributed by atoms with Crippen LogP contribution in [0.4, 0.5) is 20.9 Å². The smallest absolute Gasteiger partial charge is 0.236 e. The number of hydrogen-bond acceptors (Lipinski definition) is 9. The molecule has 2 aliphatic heterocycles.